The number of amides is 2. The van der Waals surface area contributed by atoms with E-state index in [0.29, 0.717) is 0 Å². The fourth-order valence-corrected chi connectivity index (χ4v) is 3.80. The zero-order chi connectivity index (χ0) is 17.6. The third-order valence-corrected chi connectivity index (χ3v) is 6.37. The van der Waals surface area contributed by atoms with E-state index in [1.807, 2.05) is 0 Å². The predicted octanol–water partition coefficient (Wildman–Crippen LogP) is 3.32. The van der Waals surface area contributed by atoms with Crippen LogP contribution < -0.4 is 4.90 Å². The van der Waals surface area contributed by atoms with E-state index in [1.165, 1.54) is 18.2 Å². The third-order valence-electron chi connectivity index (χ3n) is 3.90. The van der Waals surface area contributed by atoms with Crippen LogP contribution >= 0.6 is 11.6 Å². The van der Waals surface area contributed by atoms with Crippen LogP contribution in [0.2, 0.25) is 5.02 Å². The molecule has 0 atom stereocenters. The lowest BCUT2D eigenvalue weighted by atomic mass is 10.1. The Kier molecular flexibility index (Phi) is 3.97. The zero-order valence-corrected chi connectivity index (χ0v) is 14.6. The highest BCUT2D eigenvalue weighted by molar-refractivity contribution is 7.92. The number of anilines is 1. The minimum Gasteiger partial charge on any atom is -0.268 e. The first-order chi connectivity index (χ1) is 11.2. The standard InChI is InChI=1S/C17H14ClNO4S/c1-10(2)24(22,23)11-7-8-14(18)15(9-11)19-16(20)12-5-3-4-6-13(12)17(19)21/h3-10H,1-2H3. The van der Waals surface area contributed by atoms with Crippen LogP contribution in [0.3, 0.4) is 0 Å². The van der Waals surface area contributed by atoms with Gasteiger partial charge in [-0.05, 0) is 44.2 Å². The summed E-state index contributed by atoms with van der Waals surface area (Å²) in [6, 6.07) is 10.5. The molecule has 0 spiro atoms. The summed E-state index contributed by atoms with van der Waals surface area (Å²) < 4.78 is 24.7. The molecule has 0 N–H and O–H groups in total. The quantitative estimate of drug-likeness (QED) is 0.784. The van der Waals surface area contributed by atoms with Crippen LogP contribution in [0.1, 0.15) is 34.6 Å². The number of halogens is 1. The molecule has 2 aromatic carbocycles. The lowest BCUT2D eigenvalue weighted by Gasteiger charge is -2.17. The van der Waals surface area contributed by atoms with Crippen molar-refractivity contribution < 1.29 is 18.0 Å². The summed E-state index contributed by atoms with van der Waals surface area (Å²) >= 11 is 6.14. The predicted molar refractivity (Wildman–Crippen MR) is 91.4 cm³/mol. The molecule has 0 unspecified atom stereocenters. The highest BCUT2D eigenvalue weighted by Crippen LogP contribution is 2.35. The summed E-state index contributed by atoms with van der Waals surface area (Å²) in [5.41, 5.74) is 0.621. The Balaban J connectivity index is 2.15. The van der Waals surface area contributed by atoms with Crippen molar-refractivity contribution in [1.82, 2.24) is 0 Å². The molecule has 0 bridgehead atoms. The number of imide groups is 1. The summed E-state index contributed by atoms with van der Waals surface area (Å²) in [5.74, 6) is -1.03. The summed E-state index contributed by atoms with van der Waals surface area (Å²) in [7, 11) is -3.56. The van der Waals surface area contributed by atoms with Gasteiger partial charge in [-0.25, -0.2) is 13.3 Å². The molecule has 1 aliphatic rings. The molecule has 2 amide bonds. The number of hydrogen-bond donors (Lipinski definition) is 0. The molecule has 24 heavy (non-hydrogen) atoms. The van der Waals surface area contributed by atoms with Crippen molar-refractivity contribution in [3.8, 4) is 0 Å². The molecule has 0 radical (unpaired) electrons. The Morgan fingerprint density at radius 2 is 1.50 bits per heavy atom. The van der Waals surface area contributed by atoms with Crippen LogP contribution in [-0.2, 0) is 9.84 Å². The van der Waals surface area contributed by atoms with Crippen molar-refractivity contribution in [2.45, 2.75) is 24.0 Å². The van der Waals surface area contributed by atoms with Gasteiger partial charge in [-0.15, -0.1) is 0 Å². The molecule has 0 saturated carbocycles. The Morgan fingerprint density at radius 3 is 2.00 bits per heavy atom. The number of carbonyl (C=O) groups is 2. The first kappa shape index (κ1) is 16.7. The minimum atomic E-state index is -3.56. The molecule has 1 aliphatic heterocycles. The van der Waals surface area contributed by atoms with Gasteiger partial charge in [0, 0.05) is 0 Å². The largest absolute Gasteiger partial charge is 0.268 e. The average Bonchev–Trinajstić information content (AvgIpc) is 2.80. The van der Waals surface area contributed by atoms with E-state index in [0.717, 1.165) is 4.90 Å². The molecular weight excluding hydrogens is 350 g/mol. The van der Waals surface area contributed by atoms with Crippen LogP contribution in [0, 0.1) is 0 Å². The molecule has 124 valence electrons. The second kappa shape index (κ2) is 5.72. The Hall–Kier alpha value is -2.18. The fourth-order valence-electron chi connectivity index (χ4n) is 2.52. The van der Waals surface area contributed by atoms with Crippen molar-refractivity contribution in [2.75, 3.05) is 4.90 Å². The Morgan fingerprint density at radius 1 is 0.958 bits per heavy atom. The second-order valence-corrected chi connectivity index (χ2v) is 8.61. The number of sulfone groups is 1. The van der Waals surface area contributed by atoms with Crippen molar-refractivity contribution in [1.29, 1.82) is 0 Å². The smallest absolute Gasteiger partial charge is 0.266 e. The van der Waals surface area contributed by atoms with Gasteiger partial charge >= 0.3 is 0 Å². The van der Waals surface area contributed by atoms with Crippen molar-refractivity contribution in [2.24, 2.45) is 0 Å². The van der Waals surface area contributed by atoms with E-state index in [-0.39, 0.29) is 26.7 Å². The van der Waals surface area contributed by atoms with E-state index >= 15 is 0 Å². The van der Waals surface area contributed by atoms with Crippen LogP contribution in [0.15, 0.2) is 47.4 Å². The summed E-state index contributed by atoms with van der Waals surface area (Å²) in [4.78, 5) is 26.0. The highest BCUT2D eigenvalue weighted by Gasteiger charge is 2.37. The molecule has 3 rings (SSSR count). The molecule has 0 saturated heterocycles. The van der Waals surface area contributed by atoms with Gasteiger partial charge in [0.05, 0.1) is 32.0 Å². The van der Waals surface area contributed by atoms with Gasteiger partial charge in [0.2, 0.25) is 0 Å². The normalized spacial score (nSPS) is 14.4. The molecule has 5 nitrogen and oxygen atoms in total. The summed E-state index contributed by atoms with van der Waals surface area (Å²) in [6.45, 7) is 3.12. The monoisotopic (exact) mass is 363 g/mol. The highest BCUT2D eigenvalue weighted by atomic mass is 35.5. The molecule has 1 heterocycles. The van der Waals surface area contributed by atoms with Crippen LogP contribution in [0.25, 0.3) is 0 Å². The lowest BCUT2D eigenvalue weighted by Crippen LogP contribution is -2.30. The maximum Gasteiger partial charge on any atom is 0.266 e. The molecule has 7 heteroatoms. The third kappa shape index (κ3) is 2.42. The number of nitrogens with zero attached hydrogens (tertiary/aromatic N) is 1. The van der Waals surface area contributed by atoms with Crippen LogP contribution in [0.5, 0.6) is 0 Å². The minimum absolute atomic E-state index is 0.0217. The van der Waals surface area contributed by atoms with E-state index in [4.69, 9.17) is 11.6 Å². The molecule has 0 fully saturated rings. The van der Waals surface area contributed by atoms with E-state index < -0.39 is 26.9 Å². The fraction of sp³-hybridized carbons (Fsp3) is 0.176. The van der Waals surface area contributed by atoms with Gasteiger partial charge in [0.1, 0.15) is 0 Å². The molecular formula is C17H14ClNO4S. The average molecular weight is 364 g/mol. The lowest BCUT2D eigenvalue weighted by molar-refractivity contribution is 0.0926. The van der Waals surface area contributed by atoms with E-state index in [1.54, 1.807) is 38.1 Å². The topological polar surface area (TPSA) is 71.5 Å². The SMILES string of the molecule is CC(C)S(=O)(=O)c1ccc(Cl)c(N2C(=O)c3ccccc3C2=O)c1. The van der Waals surface area contributed by atoms with Gasteiger partial charge in [-0.3, -0.25) is 9.59 Å². The summed E-state index contributed by atoms with van der Waals surface area (Å²) in [6.07, 6.45) is 0. The number of benzene rings is 2. The number of hydrogen-bond acceptors (Lipinski definition) is 4. The maximum atomic E-state index is 12.6. The van der Waals surface area contributed by atoms with Gasteiger partial charge in [-0.2, -0.15) is 0 Å². The van der Waals surface area contributed by atoms with Crippen molar-refractivity contribution in [3.05, 3.63) is 58.6 Å². The number of rotatable bonds is 3. The summed E-state index contributed by atoms with van der Waals surface area (Å²) in [5, 5.41) is -0.499. The van der Waals surface area contributed by atoms with E-state index in [9.17, 15) is 18.0 Å². The Labute approximate surface area is 144 Å². The van der Waals surface area contributed by atoms with Crippen LogP contribution in [-0.4, -0.2) is 25.5 Å². The van der Waals surface area contributed by atoms with Crippen LogP contribution in [0.4, 0.5) is 5.69 Å². The first-order valence-electron chi connectivity index (χ1n) is 7.26. The van der Waals surface area contributed by atoms with Crippen molar-refractivity contribution >= 4 is 38.9 Å². The van der Waals surface area contributed by atoms with Gasteiger partial charge in [0.25, 0.3) is 11.8 Å². The Bertz CT molecular complexity index is 931. The van der Waals surface area contributed by atoms with Crippen molar-refractivity contribution in [3.63, 3.8) is 0 Å². The number of fused-ring (bicyclic) bond motifs is 1. The molecule has 2 aromatic rings. The number of carbonyl (C=O) groups excluding carboxylic acids is 2. The molecule has 0 aliphatic carbocycles. The zero-order valence-electron chi connectivity index (χ0n) is 13.0. The first-order valence-corrected chi connectivity index (χ1v) is 9.19. The van der Waals surface area contributed by atoms with E-state index in [2.05, 4.69) is 0 Å². The maximum absolute atomic E-state index is 12.6. The van der Waals surface area contributed by atoms with Gasteiger partial charge < -0.3 is 0 Å². The van der Waals surface area contributed by atoms with Gasteiger partial charge in [-0.1, -0.05) is 23.7 Å². The van der Waals surface area contributed by atoms with Gasteiger partial charge in [0.15, 0.2) is 9.84 Å². The second-order valence-electron chi connectivity index (χ2n) is 5.70. The molecule has 0 aromatic heterocycles.